The SMILES string of the molecule is Cc1ccc(N2C(S)=C(C#N)C(=O)NC2c2ccc([N+](=O)[O-])s2)c(C)c1. The van der Waals surface area contributed by atoms with Crippen molar-refractivity contribution in [2.75, 3.05) is 4.90 Å². The largest absolute Gasteiger partial charge is 0.326 e. The monoisotopic (exact) mass is 386 g/mol. The van der Waals surface area contributed by atoms with Crippen LogP contribution >= 0.6 is 24.0 Å². The van der Waals surface area contributed by atoms with Crippen molar-refractivity contribution in [3.8, 4) is 6.07 Å². The third kappa shape index (κ3) is 3.05. The molecule has 2 aromatic rings. The molecule has 0 saturated carbocycles. The molecule has 0 saturated heterocycles. The quantitative estimate of drug-likeness (QED) is 0.477. The van der Waals surface area contributed by atoms with Crippen LogP contribution in [0.2, 0.25) is 0 Å². The Morgan fingerprint density at radius 1 is 1.35 bits per heavy atom. The van der Waals surface area contributed by atoms with E-state index in [0.29, 0.717) is 4.88 Å². The number of nitro groups is 1. The summed E-state index contributed by atoms with van der Waals surface area (Å²) in [5.74, 6) is -0.556. The van der Waals surface area contributed by atoms with E-state index in [2.05, 4.69) is 17.9 Å². The maximum Gasteiger partial charge on any atom is 0.324 e. The number of thiol groups is 1. The van der Waals surface area contributed by atoms with Gasteiger partial charge in [-0.05, 0) is 31.5 Å². The molecular formula is C17H14N4O3S2. The Morgan fingerprint density at radius 3 is 2.65 bits per heavy atom. The molecule has 1 amide bonds. The third-order valence-electron chi connectivity index (χ3n) is 3.99. The summed E-state index contributed by atoms with van der Waals surface area (Å²) in [6, 6.07) is 10.6. The zero-order valence-electron chi connectivity index (χ0n) is 13.9. The summed E-state index contributed by atoms with van der Waals surface area (Å²) in [5, 5.41) is 23.3. The van der Waals surface area contributed by atoms with Crippen molar-refractivity contribution < 1.29 is 9.72 Å². The van der Waals surface area contributed by atoms with Gasteiger partial charge in [0.15, 0.2) is 0 Å². The fraction of sp³-hybridized carbons (Fsp3) is 0.176. The zero-order chi connectivity index (χ0) is 19.0. The summed E-state index contributed by atoms with van der Waals surface area (Å²) in [6.45, 7) is 3.88. The van der Waals surface area contributed by atoms with Crippen LogP contribution in [-0.2, 0) is 4.79 Å². The van der Waals surface area contributed by atoms with Gasteiger partial charge in [0.25, 0.3) is 5.91 Å². The molecule has 1 aromatic heterocycles. The number of carbonyl (C=O) groups excluding carboxylic acids is 1. The van der Waals surface area contributed by atoms with Gasteiger partial charge in [-0.15, -0.1) is 12.6 Å². The normalized spacial score (nSPS) is 17.1. The molecule has 1 N–H and O–H groups in total. The topological polar surface area (TPSA) is 99.3 Å². The molecule has 1 aliphatic heterocycles. The summed E-state index contributed by atoms with van der Waals surface area (Å²) < 4.78 is 0. The molecule has 1 unspecified atom stereocenters. The number of rotatable bonds is 3. The zero-order valence-corrected chi connectivity index (χ0v) is 15.6. The van der Waals surface area contributed by atoms with Crippen molar-refractivity contribution in [1.29, 1.82) is 5.26 Å². The van der Waals surface area contributed by atoms with E-state index in [0.717, 1.165) is 28.2 Å². The highest BCUT2D eigenvalue weighted by atomic mass is 32.1. The lowest BCUT2D eigenvalue weighted by molar-refractivity contribution is -0.380. The highest BCUT2D eigenvalue weighted by Gasteiger charge is 2.36. The first-order valence-electron chi connectivity index (χ1n) is 7.58. The van der Waals surface area contributed by atoms with Crippen molar-refractivity contribution in [3.05, 3.63) is 67.1 Å². The molecule has 0 bridgehead atoms. The lowest BCUT2D eigenvalue weighted by Crippen LogP contribution is -2.46. The van der Waals surface area contributed by atoms with Gasteiger partial charge in [-0.25, -0.2) is 0 Å². The number of nitriles is 1. The number of aryl methyl sites for hydroxylation is 2. The fourth-order valence-electron chi connectivity index (χ4n) is 2.82. The summed E-state index contributed by atoms with van der Waals surface area (Å²) in [6.07, 6.45) is -0.688. The number of thiophene rings is 1. The number of amides is 1. The molecule has 7 nitrogen and oxygen atoms in total. The van der Waals surface area contributed by atoms with Gasteiger partial charge in [0.05, 0.1) is 14.8 Å². The molecule has 0 fully saturated rings. The second-order valence-corrected chi connectivity index (χ2v) is 7.30. The van der Waals surface area contributed by atoms with Gasteiger partial charge in [-0.3, -0.25) is 14.9 Å². The Balaban J connectivity index is 2.18. The number of carbonyl (C=O) groups is 1. The molecule has 0 radical (unpaired) electrons. The molecule has 1 aromatic carbocycles. The van der Waals surface area contributed by atoms with E-state index in [-0.39, 0.29) is 15.6 Å². The van der Waals surface area contributed by atoms with Crippen LogP contribution in [0.25, 0.3) is 0 Å². The second-order valence-electron chi connectivity index (χ2n) is 5.78. The van der Waals surface area contributed by atoms with E-state index in [1.165, 1.54) is 6.07 Å². The maximum atomic E-state index is 12.3. The molecule has 0 aliphatic carbocycles. The Morgan fingerprint density at radius 2 is 2.08 bits per heavy atom. The van der Waals surface area contributed by atoms with Crippen LogP contribution in [0, 0.1) is 35.3 Å². The first kappa shape index (κ1) is 18.0. The Bertz CT molecular complexity index is 990. The van der Waals surface area contributed by atoms with E-state index in [4.69, 9.17) is 0 Å². The number of hydrogen-bond donors (Lipinski definition) is 2. The first-order chi connectivity index (χ1) is 12.3. The maximum absolute atomic E-state index is 12.3. The molecule has 2 heterocycles. The average molecular weight is 386 g/mol. The average Bonchev–Trinajstić information content (AvgIpc) is 3.06. The molecule has 0 spiro atoms. The van der Waals surface area contributed by atoms with Crippen LogP contribution in [0.1, 0.15) is 22.2 Å². The second kappa shape index (κ2) is 6.82. The highest BCUT2D eigenvalue weighted by molar-refractivity contribution is 7.84. The van der Waals surface area contributed by atoms with Crippen molar-refractivity contribution in [2.24, 2.45) is 0 Å². The van der Waals surface area contributed by atoms with Crippen molar-refractivity contribution in [1.82, 2.24) is 5.32 Å². The fourth-order valence-corrected chi connectivity index (χ4v) is 4.06. The van der Waals surface area contributed by atoms with E-state index in [1.54, 1.807) is 11.0 Å². The van der Waals surface area contributed by atoms with Gasteiger partial charge in [-0.1, -0.05) is 29.0 Å². The number of anilines is 1. The van der Waals surface area contributed by atoms with Gasteiger partial charge < -0.3 is 10.2 Å². The van der Waals surface area contributed by atoms with Crippen LogP contribution in [0.3, 0.4) is 0 Å². The molecular weight excluding hydrogens is 372 g/mol. The number of nitrogens with one attached hydrogen (secondary N) is 1. The van der Waals surface area contributed by atoms with Crippen molar-refractivity contribution >= 4 is 40.6 Å². The minimum absolute atomic E-state index is 0.0226. The number of nitrogens with zero attached hydrogens (tertiary/aromatic N) is 3. The summed E-state index contributed by atoms with van der Waals surface area (Å²) in [7, 11) is 0. The van der Waals surface area contributed by atoms with Gasteiger partial charge in [0.2, 0.25) is 0 Å². The molecule has 26 heavy (non-hydrogen) atoms. The predicted octanol–water partition coefficient (Wildman–Crippen LogP) is 3.57. The minimum Gasteiger partial charge on any atom is -0.326 e. The number of hydrogen-bond acceptors (Lipinski definition) is 7. The van der Waals surface area contributed by atoms with E-state index < -0.39 is 17.0 Å². The Kier molecular flexibility index (Phi) is 4.71. The van der Waals surface area contributed by atoms with Crippen LogP contribution in [0.5, 0.6) is 0 Å². The Labute approximate surface area is 159 Å². The summed E-state index contributed by atoms with van der Waals surface area (Å²) in [4.78, 5) is 25.1. The molecule has 132 valence electrons. The van der Waals surface area contributed by atoms with Crippen molar-refractivity contribution in [3.63, 3.8) is 0 Å². The summed E-state index contributed by atoms with van der Waals surface area (Å²) in [5.41, 5.74) is 2.66. The van der Waals surface area contributed by atoms with Crippen LogP contribution in [0.4, 0.5) is 10.7 Å². The van der Waals surface area contributed by atoms with Gasteiger partial charge in [-0.2, -0.15) is 5.26 Å². The van der Waals surface area contributed by atoms with Crippen molar-refractivity contribution in [2.45, 2.75) is 20.0 Å². The third-order valence-corrected chi connectivity index (χ3v) is 5.52. The summed E-state index contributed by atoms with van der Waals surface area (Å²) >= 11 is 5.40. The Hall–Kier alpha value is -2.83. The lowest BCUT2D eigenvalue weighted by atomic mass is 10.1. The van der Waals surface area contributed by atoms with Crippen LogP contribution in [0.15, 0.2) is 40.9 Å². The molecule has 9 heteroatoms. The highest BCUT2D eigenvalue weighted by Crippen LogP contribution is 2.40. The van der Waals surface area contributed by atoms with E-state index in [1.807, 2.05) is 38.1 Å². The standard InChI is InChI=1S/C17H14N4O3S2/c1-9-3-4-12(10(2)7-9)20-15(13-5-6-14(26-13)21(23)24)19-16(22)11(8-18)17(20)25/h3-7,15,25H,1-2H3,(H,19,22). The van der Waals surface area contributed by atoms with E-state index in [9.17, 15) is 20.2 Å². The number of benzene rings is 1. The predicted molar refractivity (Wildman–Crippen MR) is 102 cm³/mol. The van der Waals surface area contributed by atoms with Gasteiger partial charge in [0.1, 0.15) is 17.8 Å². The molecule has 3 rings (SSSR count). The van der Waals surface area contributed by atoms with Crippen LogP contribution in [-0.4, -0.2) is 10.8 Å². The molecule has 1 aliphatic rings. The molecule has 1 atom stereocenters. The first-order valence-corrected chi connectivity index (χ1v) is 8.84. The van der Waals surface area contributed by atoms with Gasteiger partial charge >= 0.3 is 5.00 Å². The van der Waals surface area contributed by atoms with Crippen LogP contribution < -0.4 is 10.2 Å². The smallest absolute Gasteiger partial charge is 0.324 e. The van der Waals surface area contributed by atoms with Gasteiger partial charge in [0, 0.05) is 11.8 Å². The van der Waals surface area contributed by atoms with E-state index >= 15 is 0 Å². The minimum atomic E-state index is -0.688. The lowest BCUT2D eigenvalue weighted by Gasteiger charge is -2.38.